The van der Waals surface area contributed by atoms with Crippen LogP contribution in [0, 0.1) is 0 Å². The van der Waals surface area contributed by atoms with Gasteiger partial charge in [0.15, 0.2) is 0 Å². The molecule has 0 saturated carbocycles. The van der Waals surface area contributed by atoms with Gasteiger partial charge in [0.2, 0.25) is 0 Å². The van der Waals surface area contributed by atoms with E-state index in [-0.39, 0.29) is 5.60 Å². The lowest BCUT2D eigenvalue weighted by Gasteiger charge is -2.30. The fourth-order valence-corrected chi connectivity index (χ4v) is 4.34. The van der Waals surface area contributed by atoms with E-state index in [9.17, 15) is 0 Å². The summed E-state index contributed by atoms with van der Waals surface area (Å²) in [4.78, 5) is 0. The molecule has 1 aliphatic heterocycles. The summed E-state index contributed by atoms with van der Waals surface area (Å²) in [7, 11) is 0. The van der Waals surface area contributed by atoms with Crippen LogP contribution in [0.15, 0.2) is 49.1 Å². The highest BCUT2D eigenvalue weighted by Gasteiger charge is 2.25. The van der Waals surface area contributed by atoms with E-state index in [1.165, 1.54) is 33.4 Å². The van der Waals surface area contributed by atoms with E-state index in [4.69, 9.17) is 9.47 Å². The average Bonchev–Trinajstić information content (AvgIpc) is 2.75. The quantitative estimate of drug-likeness (QED) is 0.455. The molecule has 2 aliphatic rings. The lowest BCUT2D eigenvalue weighted by atomic mass is 9.83. The molecule has 1 aliphatic carbocycles. The molecule has 0 bridgehead atoms. The van der Waals surface area contributed by atoms with Gasteiger partial charge >= 0.3 is 0 Å². The molecule has 0 spiro atoms. The Morgan fingerprint density at radius 3 is 2.83 bits per heavy atom. The van der Waals surface area contributed by atoms with Crippen LogP contribution in [0.3, 0.4) is 0 Å². The van der Waals surface area contributed by atoms with Gasteiger partial charge in [0, 0.05) is 5.56 Å². The van der Waals surface area contributed by atoms with Crippen LogP contribution < -0.4 is 9.47 Å². The highest BCUT2D eigenvalue weighted by molar-refractivity contribution is 5.87. The molecule has 0 atom stereocenters. The van der Waals surface area contributed by atoms with Crippen LogP contribution in [0.1, 0.15) is 67.9 Å². The van der Waals surface area contributed by atoms with Crippen LogP contribution in [-0.4, -0.2) is 12.2 Å². The Balaban J connectivity index is 1.69. The largest absolute Gasteiger partial charge is 0.494 e. The number of benzene rings is 2. The molecule has 0 unspecified atom stereocenters. The minimum atomic E-state index is -0.238. The maximum atomic E-state index is 6.17. The molecule has 1 heterocycles. The summed E-state index contributed by atoms with van der Waals surface area (Å²) in [6.45, 7) is 11.0. The highest BCUT2D eigenvalue weighted by atomic mass is 16.5. The van der Waals surface area contributed by atoms with Crippen molar-refractivity contribution >= 4 is 17.7 Å². The summed E-state index contributed by atoms with van der Waals surface area (Å²) in [6, 6.07) is 10.9. The summed E-state index contributed by atoms with van der Waals surface area (Å²) in [6.07, 6.45) is 13.8. The molecule has 0 aromatic heterocycles. The van der Waals surface area contributed by atoms with Gasteiger partial charge in [0.05, 0.1) is 6.61 Å². The van der Waals surface area contributed by atoms with Crippen molar-refractivity contribution in [3.63, 3.8) is 0 Å². The van der Waals surface area contributed by atoms with E-state index in [1.54, 1.807) is 0 Å². The predicted octanol–water partition coefficient (Wildman–Crippen LogP) is 7.27. The minimum Gasteiger partial charge on any atom is -0.494 e. The fraction of sp³-hybridized carbons (Fsp3) is 0.357. The molecule has 156 valence electrons. The first-order chi connectivity index (χ1) is 14.5. The van der Waals surface area contributed by atoms with Crippen molar-refractivity contribution in [2.45, 2.75) is 58.5 Å². The van der Waals surface area contributed by atoms with Gasteiger partial charge < -0.3 is 9.47 Å². The van der Waals surface area contributed by atoms with Crippen LogP contribution >= 0.6 is 0 Å². The second-order valence-electron chi connectivity index (χ2n) is 8.75. The van der Waals surface area contributed by atoms with Crippen molar-refractivity contribution in [1.29, 1.82) is 0 Å². The Labute approximate surface area is 180 Å². The number of ether oxygens (including phenoxy) is 2. The number of rotatable bonds is 7. The summed E-state index contributed by atoms with van der Waals surface area (Å²) in [5, 5.41) is 0. The summed E-state index contributed by atoms with van der Waals surface area (Å²) >= 11 is 0. The van der Waals surface area contributed by atoms with Crippen LogP contribution in [0.2, 0.25) is 0 Å². The number of allylic oxidation sites excluding steroid dienone is 2. The Hall–Kier alpha value is -2.74. The first-order valence-electron chi connectivity index (χ1n) is 11.1. The smallest absolute Gasteiger partial charge is 0.128 e. The standard InChI is InChI=1S/C28H32O2/c1-5-7-8-20-19-23(29-17-6-2)11-13-24(20)21-9-12-25-22(18-21)10-14-27-26(25)15-16-28(3,4)30-27/h5,10-11,13-16,18-19H,1,6-9,12,17H2,2-4H3. The first-order valence-corrected chi connectivity index (χ1v) is 11.1. The molecule has 30 heavy (non-hydrogen) atoms. The van der Waals surface area contributed by atoms with Crippen molar-refractivity contribution < 1.29 is 9.47 Å². The molecule has 0 saturated heterocycles. The average molecular weight is 401 g/mol. The number of hydrogen-bond acceptors (Lipinski definition) is 2. The molecule has 4 rings (SSSR count). The summed E-state index contributed by atoms with van der Waals surface area (Å²) in [5.41, 5.74) is 7.82. The van der Waals surface area contributed by atoms with Gasteiger partial charge in [-0.1, -0.05) is 37.3 Å². The molecule has 2 heteroatoms. The van der Waals surface area contributed by atoms with Crippen molar-refractivity contribution in [3.8, 4) is 11.5 Å². The van der Waals surface area contributed by atoms with Gasteiger partial charge in [0.1, 0.15) is 17.1 Å². The van der Waals surface area contributed by atoms with Crippen LogP contribution in [0.4, 0.5) is 0 Å². The summed E-state index contributed by atoms with van der Waals surface area (Å²) < 4.78 is 12.1. The van der Waals surface area contributed by atoms with E-state index >= 15 is 0 Å². The van der Waals surface area contributed by atoms with Gasteiger partial charge in [0.25, 0.3) is 0 Å². The zero-order valence-corrected chi connectivity index (χ0v) is 18.5. The van der Waals surface area contributed by atoms with Crippen LogP contribution in [0.25, 0.3) is 17.7 Å². The van der Waals surface area contributed by atoms with Gasteiger partial charge in [-0.2, -0.15) is 0 Å². The van der Waals surface area contributed by atoms with Gasteiger partial charge in [-0.05, 0) is 98.1 Å². The van der Waals surface area contributed by atoms with E-state index in [1.807, 2.05) is 6.08 Å². The van der Waals surface area contributed by atoms with E-state index in [0.717, 1.165) is 50.2 Å². The number of hydrogen-bond donors (Lipinski definition) is 0. The topological polar surface area (TPSA) is 18.5 Å². The minimum absolute atomic E-state index is 0.238. The molecular weight excluding hydrogens is 368 g/mol. The first kappa shape index (κ1) is 20.5. The monoisotopic (exact) mass is 400 g/mol. The second kappa shape index (κ2) is 8.55. The lowest BCUT2D eigenvalue weighted by Crippen LogP contribution is -2.28. The molecule has 2 aromatic rings. The van der Waals surface area contributed by atoms with Crippen molar-refractivity contribution in [2.75, 3.05) is 6.61 Å². The highest BCUT2D eigenvalue weighted by Crippen LogP contribution is 2.40. The van der Waals surface area contributed by atoms with Gasteiger partial charge in [-0.15, -0.1) is 6.58 Å². The Morgan fingerprint density at radius 1 is 1.17 bits per heavy atom. The van der Waals surface area contributed by atoms with Crippen LogP contribution in [0.5, 0.6) is 11.5 Å². The molecule has 0 radical (unpaired) electrons. The maximum Gasteiger partial charge on any atom is 0.128 e. The predicted molar refractivity (Wildman–Crippen MR) is 127 cm³/mol. The summed E-state index contributed by atoms with van der Waals surface area (Å²) in [5.74, 6) is 1.97. The maximum absolute atomic E-state index is 6.17. The number of fused-ring (bicyclic) bond motifs is 3. The van der Waals surface area contributed by atoms with E-state index in [2.05, 4.69) is 75.9 Å². The zero-order chi connectivity index (χ0) is 21.1. The van der Waals surface area contributed by atoms with Gasteiger partial charge in [-0.3, -0.25) is 0 Å². The van der Waals surface area contributed by atoms with Crippen molar-refractivity contribution in [3.05, 3.63) is 76.9 Å². The Bertz CT molecular complexity index is 1010. The van der Waals surface area contributed by atoms with Crippen molar-refractivity contribution in [1.82, 2.24) is 0 Å². The lowest BCUT2D eigenvalue weighted by molar-refractivity contribution is 0.159. The second-order valence-corrected chi connectivity index (χ2v) is 8.75. The fourth-order valence-electron chi connectivity index (χ4n) is 4.34. The third-order valence-corrected chi connectivity index (χ3v) is 5.87. The van der Waals surface area contributed by atoms with Crippen LogP contribution in [-0.2, 0) is 12.8 Å². The molecule has 2 aromatic carbocycles. The Morgan fingerprint density at radius 2 is 2.03 bits per heavy atom. The van der Waals surface area contributed by atoms with Gasteiger partial charge in [-0.25, -0.2) is 0 Å². The van der Waals surface area contributed by atoms with E-state index in [0.29, 0.717) is 0 Å². The number of aryl methyl sites for hydroxylation is 1. The Kier molecular flexibility index (Phi) is 5.85. The molecule has 0 N–H and O–H groups in total. The van der Waals surface area contributed by atoms with E-state index < -0.39 is 0 Å². The normalized spacial score (nSPS) is 16.2. The molecule has 0 amide bonds. The molecular formula is C28H32O2. The third kappa shape index (κ3) is 4.23. The van der Waals surface area contributed by atoms with Crippen molar-refractivity contribution in [2.24, 2.45) is 0 Å². The molecule has 2 nitrogen and oxygen atoms in total. The SMILES string of the molecule is C=CCCc1cc(OCCC)ccc1C1=Cc2ccc3c(c2CC1)C=CC(C)(C)O3. The zero-order valence-electron chi connectivity index (χ0n) is 18.5. The molecule has 0 fully saturated rings. The third-order valence-electron chi connectivity index (χ3n) is 5.87.